The molecule has 4 rings (SSSR count). The Kier molecular flexibility index (Phi) is 7.00. The van der Waals surface area contributed by atoms with Gasteiger partial charge < -0.3 is 11.1 Å². The Morgan fingerprint density at radius 2 is 1.80 bits per heavy atom. The molecular formula is C26H28N4O4S. The van der Waals surface area contributed by atoms with Crippen LogP contribution in [0.15, 0.2) is 52.1 Å². The van der Waals surface area contributed by atoms with E-state index in [0.717, 1.165) is 20.9 Å². The zero-order valence-electron chi connectivity index (χ0n) is 20.0. The average Bonchev–Trinajstić information content (AvgIpc) is 3.22. The second-order valence-electron chi connectivity index (χ2n) is 8.97. The molecule has 3 N–H and O–H groups in total. The summed E-state index contributed by atoms with van der Waals surface area (Å²) in [5.41, 5.74) is 5.65. The molecule has 35 heavy (non-hydrogen) atoms. The third-order valence-corrected chi connectivity index (χ3v) is 7.14. The Bertz CT molecular complexity index is 1560. The van der Waals surface area contributed by atoms with E-state index < -0.39 is 17.2 Å². The van der Waals surface area contributed by atoms with Crippen LogP contribution in [0.2, 0.25) is 0 Å². The summed E-state index contributed by atoms with van der Waals surface area (Å²) in [6, 6.07) is 13.9. The molecule has 0 saturated heterocycles. The molecule has 2 aromatic heterocycles. The quantitative estimate of drug-likeness (QED) is 0.392. The molecule has 8 nitrogen and oxygen atoms in total. The van der Waals surface area contributed by atoms with Crippen molar-refractivity contribution in [2.45, 2.75) is 26.8 Å². The SMILES string of the molecule is CC(C)Cn1c(=O)n(C)c(=O)c2c(C(=O)NCC(=O)CN)c(Cc3cccc4ccccc34)sc21. The van der Waals surface area contributed by atoms with E-state index in [2.05, 4.69) is 5.32 Å². The highest BCUT2D eigenvalue weighted by Gasteiger charge is 2.26. The molecule has 9 heteroatoms. The summed E-state index contributed by atoms with van der Waals surface area (Å²) in [4.78, 5) is 52.5. The molecule has 4 aromatic rings. The second-order valence-corrected chi connectivity index (χ2v) is 10.1. The number of rotatable bonds is 8. The van der Waals surface area contributed by atoms with Gasteiger partial charge in [-0.1, -0.05) is 56.3 Å². The Hall–Kier alpha value is -3.56. The Morgan fingerprint density at radius 3 is 2.51 bits per heavy atom. The van der Waals surface area contributed by atoms with Crippen LogP contribution in [0.25, 0.3) is 21.0 Å². The molecule has 0 aliphatic carbocycles. The molecular weight excluding hydrogens is 464 g/mol. The number of thiophene rings is 1. The highest BCUT2D eigenvalue weighted by atomic mass is 32.1. The number of hydrogen-bond donors (Lipinski definition) is 2. The Balaban J connectivity index is 1.97. The monoisotopic (exact) mass is 492 g/mol. The van der Waals surface area contributed by atoms with E-state index in [-0.39, 0.29) is 35.7 Å². The number of hydrogen-bond acceptors (Lipinski definition) is 6. The predicted molar refractivity (Wildman–Crippen MR) is 139 cm³/mol. The van der Waals surface area contributed by atoms with Crippen LogP contribution in [0.3, 0.4) is 0 Å². The number of nitrogens with two attached hydrogens (primary N) is 1. The second kappa shape index (κ2) is 9.97. The van der Waals surface area contributed by atoms with Crippen molar-refractivity contribution in [3.63, 3.8) is 0 Å². The van der Waals surface area contributed by atoms with E-state index in [9.17, 15) is 19.2 Å². The standard InChI is InChI=1S/C26H28N4O4S/c1-15(2)14-30-25-22(24(33)29(3)26(30)34)21(23(32)28-13-18(31)12-27)20(35-25)11-17-9-6-8-16-7-4-5-10-19(16)17/h4-10,15H,11-14,27H2,1-3H3,(H,28,32). The summed E-state index contributed by atoms with van der Waals surface area (Å²) in [6.45, 7) is 3.96. The molecule has 0 aliphatic heterocycles. The fourth-order valence-corrected chi connectivity index (χ4v) is 5.54. The minimum Gasteiger partial charge on any atom is -0.345 e. The van der Waals surface area contributed by atoms with Crippen LogP contribution in [0.4, 0.5) is 0 Å². The first-order valence-electron chi connectivity index (χ1n) is 11.4. The van der Waals surface area contributed by atoms with Gasteiger partial charge in [-0.15, -0.1) is 11.3 Å². The van der Waals surface area contributed by atoms with Crippen LogP contribution in [-0.4, -0.2) is 33.9 Å². The van der Waals surface area contributed by atoms with Gasteiger partial charge >= 0.3 is 5.69 Å². The molecule has 0 atom stereocenters. The van der Waals surface area contributed by atoms with E-state index in [0.29, 0.717) is 22.7 Å². The molecule has 0 fully saturated rings. The van der Waals surface area contributed by atoms with E-state index >= 15 is 0 Å². The van der Waals surface area contributed by atoms with Crippen LogP contribution in [0, 0.1) is 5.92 Å². The van der Waals surface area contributed by atoms with Gasteiger partial charge in [0, 0.05) is 24.9 Å². The van der Waals surface area contributed by atoms with Crippen molar-refractivity contribution in [2.75, 3.05) is 13.1 Å². The van der Waals surface area contributed by atoms with E-state index in [1.54, 1.807) is 4.57 Å². The van der Waals surface area contributed by atoms with Gasteiger partial charge in [0.1, 0.15) is 4.83 Å². The molecule has 2 aromatic carbocycles. The lowest BCUT2D eigenvalue weighted by atomic mass is 9.99. The number of Topliss-reactive ketones (excluding diaryl/α,β-unsaturated/α-hetero) is 1. The molecule has 0 radical (unpaired) electrons. The van der Waals surface area contributed by atoms with Crippen LogP contribution >= 0.6 is 11.3 Å². The van der Waals surface area contributed by atoms with Crippen LogP contribution in [0.1, 0.15) is 34.6 Å². The highest BCUT2D eigenvalue weighted by Crippen LogP contribution is 2.32. The van der Waals surface area contributed by atoms with E-state index in [1.165, 1.54) is 18.4 Å². The summed E-state index contributed by atoms with van der Waals surface area (Å²) in [5, 5.41) is 4.93. The van der Waals surface area contributed by atoms with Crippen molar-refractivity contribution in [1.82, 2.24) is 14.5 Å². The third-order valence-electron chi connectivity index (χ3n) is 5.92. The summed E-state index contributed by atoms with van der Waals surface area (Å²) >= 11 is 1.28. The van der Waals surface area contributed by atoms with Gasteiger partial charge in [-0.05, 0) is 22.3 Å². The van der Waals surface area contributed by atoms with E-state index in [1.807, 2.05) is 56.3 Å². The van der Waals surface area contributed by atoms with Gasteiger partial charge in [-0.2, -0.15) is 0 Å². The number of carbonyl (C=O) groups excluding carboxylic acids is 2. The first kappa shape index (κ1) is 24.6. The van der Waals surface area contributed by atoms with Gasteiger partial charge in [-0.3, -0.25) is 23.5 Å². The number of ketones is 1. The molecule has 0 bridgehead atoms. The fourth-order valence-electron chi connectivity index (χ4n) is 4.23. The number of nitrogens with zero attached hydrogens (tertiary/aromatic N) is 2. The maximum absolute atomic E-state index is 13.4. The molecule has 0 aliphatic rings. The summed E-state index contributed by atoms with van der Waals surface area (Å²) in [7, 11) is 1.42. The van der Waals surface area contributed by atoms with E-state index in [4.69, 9.17) is 5.73 Å². The first-order chi connectivity index (χ1) is 16.7. The van der Waals surface area contributed by atoms with Gasteiger partial charge in [0.2, 0.25) is 0 Å². The van der Waals surface area contributed by atoms with Crippen molar-refractivity contribution in [2.24, 2.45) is 18.7 Å². The minimum absolute atomic E-state index is 0.150. The number of nitrogens with one attached hydrogen (secondary N) is 1. The first-order valence-corrected chi connectivity index (χ1v) is 12.3. The molecule has 0 unspecified atom stereocenters. The number of aromatic nitrogens is 2. The molecule has 0 saturated carbocycles. The zero-order chi connectivity index (χ0) is 25.3. The molecule has 2 heterocycles. The molecule has 182 valence electrons. The minimum atomic E-state index is -0.528. The van der Waals surface area contributed by atoms with Gasteiger partial charge in [0.15, 0.2) is 5.78 Å². The predicted octanol–water partition coefficient (Wildman–Crippen LogP) is 2.42. The Labute approximate surface area is 206 Å². The van der Waals surface area contributed by atoms with Gasteiger partial charge in [0.25, 0.3) is 11.5 Å². The zero-order valence-corrected chi connectivity index (χ0v) is 20.8. The van der Waals surface area contributed by atoms with Gasteiger partial charge in [0.05, 0.1) is 24.0 Å². The van der Waals surface area contributed by atoms with Crippen LogP contribution < -0.4 is 22.3 Å². The molecule has 0 spiro atoms. The number of fused-ring (bicyclic) bond motifs is 2. The lowest BCUT2D eigenvalue weighted by Gasteiger charge is -2.12. The van der Waals surface area contributed by atoms with Gasteiger partial charge in [-0.25, -0.2) is 4.79 Å². The van der Waals surface area contributed by atoms with Crippen molar-refractivity contribution in [1.29, 1.82) is 0 Å². The number of benzene rings is 2. The Morgan fingerprint density at radius 1 is 1.09 bits per heavy atom. The number of amides is 1. The van der Waals surface area contributed by atoms with Crippen LogP contribution in [0.5, 0.6) is 0 Å². The normalized spacial score (nSPS) is 11.5. The molecule has 1 amide bonds. The third kappa shape index (κ3) is 4.69. The number of carbonyl (C=O) groups is 2. The summed E-state index contributed by atoms with van der Waals surface area (Å²) < 4.78 is 2.61. The summed E-state index contributed by atoms with van der Waals surface area (Å²) in [5.74, 6) is -0.699. The summed E-state index contributed by atoms with van der Waals surface area (Å²) in [6.07, 6.45) is 0.396. The average molecular weight is 493 g/mol. The fraction of sp³-hybridized carbons (Fsp3) is 0.308. The van der Waals surface area contributed by atoms with Crippen molar-refractivity contribution >= 4 is 44.0 Å². The smallest absolute Gasteiger partial charge is 0.331 e. The van der Waals surface area contributed by atoms with Crippen LogP contribution in [-0.2, 0) is 24.8 Å². The van der Waals surface area contributed by atoms with Crippen molar-refractivity contribution in [3.8, 4) is 0 Å². The maximum atomic E-state index is 13.4. The van der Waals surface area contributed by atoms with Crippen molar-refractivity contribution < 1.29 is 9.59 Å². The highest BCUT2D eigenvalue weighted by molar-refractivity contribution is 7.19. The largest absolute Gasteiger partial charge is 0.345 e. The lowest BCUT2D eigenvalue weighted by Crippen LogP contribution is -2.39. The topological polar surface area (TPSA) is 116 Å². The lowest BCUT2D eigenvalue weighted by molar-refractivity contribution is -0.116. The maximum Gasteiger partial charge on any atom is 0.331 e. The van der Waals surface area contributed by atoms with Crippen molar-refractivity contribution in [3.05, 3.63) is 79.3 Å².